The van der Waals surface area contributed by atoms with Gasteiger partial charge in [-0.1, -0.05) is 19.1 Å². The van der Waals surface area contributed by atoms with Crippen molar-refractivity contribution in [3.8, 4) is 17.2 Å². The highest BCUT2D eigenvalue weighted by molar-refractivity contribution is 7.80. The van der Waals surface area contributed by atoms with Gasteiger partial charge in [-0.15, -0.1) is 0 Å². The zero-order valence-electron chi connectivity index (χ0n) is 15.4. The summed E-state index contributed by atoms with van der Waals surface area (Å²) in [5.74, 6) is 1.57. The van der Waals surface area contributed by atoms with E-state index in [4.69, 9.17) is 21.7 Å². The molecule has 0 saturated carbocycles. The summed E-state index contributed by atoms with van der Waals surface area (Å²) in [6, 6.07) is 13.8. The molecule has 2 aromatic carbocycles. The Kier molecular flexibility index (Phi) is 6.86. The van der Waals surface area contributed by atoms with Crippen LogP contribution >= 0.6 is 12.2 Å². The summed E-state index contributed by atoms with van der Waals surface area (Å²) in [6.07, 6.45) is 0.760. The quantitative estimate of drug-likeness (QED) is 0.679. The number of fused-ring (bicyclic) bond motifs is 1. The number of thiocarbonyl (C=S) groups is 1. The van der Waals surface area contributed by atoms with Gasteiger partial charge in [0.2, 0.25) is 0 Å². The first-order valence-electron chi connectivity index (χ1n) is 9.04. The first kappa shape index (κ1) is 20.1. The zero-order chi connectivity index (χ0) is 19.9. The van der Waals surface area contributed by atoms with Gasteiger partial charge in [-0.25, -0.2) is 0 Å². The van der Waals surface area contributed by atoms with Crippen molar-refractivity contribution in [1.29, 1.82) is 0 Å². The predicted octanol–water partition coefficient (Wildman–Crippen LogP) is 4.54. The maximum absolute atomic E-state index is 12.2. The number of hydrogen-bond donors (Lipinski definition) is 1. The molecule has 0 radical (unpaired) electrons. The molecule has 0 bridgehead atoms. The van der Waals surface area contributed by atoms with Gasteiger partial charge >= 0.3 is 6.61 Å². The van der Waals surface area contributed by atoms with Crippen LogP contribution in [0.15, 0.2) is 48.5 Å². The van der Waals surface area contributed by atoms with Gasteiger partial charge < -0.3 is 24.4 Å². The molecule has 1 aliphatic rings. The summed E-state index contributed by atoms with van der Waals surface area (Å²) in [4.78, 5) is 2.01. The number of para-hydroxylation sites is 2. The van der Waals surface area contributed by atoms with Crippen molar-refractivity contribution < 1.29 is 23.0 Å². The van der Waals surface area contributed by atoms with E-state index in [-0.39, 0.29) is 11.9 Å². The van der Waals surface area contributed by atoms with Gasteiger partial charge in [0.1, 0.15) is 12.4 Å². The fraction of sp³-hybridized carbons (Fsp3) is 0.350. The van der Waals surface area contributed by atoms with E-state index in [0.717, 1.165) is 24.5 Å². The molecule has 0 fully saturated rings. The summed E-state index contributed by atoms with van der Waals surface area (Å²) in [5.41, 5.74) is 0.693. The van der Waals surface area contributed by atoms with Gasteiger partial charge in [0.15, 0.2) is 22.7 Å². The van der Waals surface area contributed by atoms with Gasteiger partial charge in [-0.3, -0.25) is 0 Å². The third kappa shape index (κ3) is 5.45. The smallest absolute Gasteiger partial charge is 0.387 e. The van der Waals surface area contributed by atoms with Crippen LogP contribution in [0.2, 0.25) is 0 Å². The van der Waals surface area contributed by atoms with Gasteiger partial charge in [0.25, 0.3) is 0 Å². The molecule has 0 unspecified atom stereocenters. The highest BCUT2D eigenvalue weighted by Crippen LogP contribution is 2.31. The van der Waals surface area contributed by atoms with E-state index in [0.29, 0.717) is 24.0 Å². The van der Waals surface area contributed by atoms with Crippen LogP contribution in [-0.4, -0.2) is 42.4 Å². The van der Waals surface area contributed by atoms with Crippen LogP contribution in [0.3, 0.4) is 0 Å². The first-order valence-corrected chi connectivity index (χ1v) is 9.45. The average molecular weight is 408 g/mol. The number of halogens is 2. The SMILES string of the molecule is CCCN(C[C@H]1COc2ccccc2O1)C(=S)Nc1ccc(OC(F)F)cc1. The van der Waals surface area contributed by atoms with Crippen LogP contribution in [0.25, 0.3) is 0 Å². The Morgan fingerprint density at radius 3 is 2.61 bits per heavy atom. The molecule has 0 aliphatic carbocycles. The third-order valence-corrected chi connectivity index (χ3v) is 4.46. The summed E-state index contributed by atoms with van der Waals surface area (Å²) in [7, 11) is 0. The van der Waals surface area contributed by atoms with Gasteiger partial charge in [0.05, 0.1) is 6.54 Å². The lowest BCUT2D eigenvalue weighted by Crippen LogP contribution is -2.45. The second kappa shape index (κ2) is 9.54. The Hall–Kier alpha value is -2.61. The minimum atomic E-state index is -2.84. The van der Waals surface area contributed by atoms with E-state index in [1.807, 2.05) is 29.2 Å². The second-order valence-corrected chi connectivity index (χ2v) is 6.66. The molecule has 0 aromatic heterocycles. The van der Waals surface area contributed by atoms with Crippen LogP contribution in [0.1, 0.15) is 13.3 Å². The molecule has 1 heterocycles. The summed E-state index contributed by atoms with van der Waals surface area (Å²) in [5, 5.41) is 3.67. The van der Waals surface area contributed by atoms with Crippen molar-refractivity contribution in [2.45, 2.75) is 26.1 Å². The van der Waals surface area contributed by atoms with E-state index in [1.165, 1.54) is 12.1 Å². The fourth-order valence-corrected chi connectivity index (χ4v) is 3.15. The maximum Gasteiger partial charge on any atom is 0.387 e. The van der Waals surface area contributed by atoms with Gasteiger partial charge in [-0.05, 0) is 55.0 Å². The van der Waals surface area contributed by atoms with E-state index in [1.54, 1.807) is 12.1 Å². The summed E-state index contributed by atoms with van der Waals surface area (Å²) in [6.45, 7) is 0.988. The molecule has 1 aliphatic heterocycles. The highest BCUT2D eigenvalue weighted by atomic mass is 32.1. The number of hydrogen-bond acceptors (Lipinski definition) is 4. The number of alkyl halides is 2. The lowest BCUT2D eigenvalue weighted by molar-refractivity contribution is -0.0498. The topological polar surface area (TPSA) is 43.0 Å². The molecule has 0 saturated heterocycles. The van der Waals surface area contributed by atoms with Crippen LogP contribution in [0.4, 0.5) is 14.5 Å². The number of benzene rings is 2. The van der Waals surface area contributed by atoms with Gasteiger partial charge in [0, 0.05) is 12.2 Å². The molecule has 3 rings (SSSR count). The molecule has 8 heteroatoms. The lowest BCUT2D eigenvalue weighted by atomic mass is 10.2. The molecule has 5 nitrogen and oxygen atoms in total. The molecule has 0 amide bonds. The molecule has 2 aromatic rings. The molecule has 1 N–H and O–H groups in total. The van der Waals surface area contributed by atoms with Crippen LogP contribution in [-0.2, 0) is 0 Å². The van der Waals surface area contributed by atoms with Crippen molar-refractivity contribution in [3.63, 3.8) is 0 Å². The Labute approximate surface area is 168 Å². The van der Waals surface area contributed by atoms with Gasteiger partial charge in [-0.2, -0.15) is 8.78 Å². The van der Waals surface area contributed by atoms with Crippen molar-refractivity contribution in [2.24, 2.45) is 0 Å². The number of rotatable bonds is 7. The van der Waals surface area contributed by atoms with Crippen molar-refractivity contribution in [2.75, 3.05) is 25.0 Å². The van der Waals surface area contributed by atoms with Crippen molar-refractivity contribution in [1.82, 2.24) is 4.90 Å². The molecular weight excluding hydrogens is 386 g/mol. The zero-order valence-corrected chi connectivity index (χ0v) is 16.3. The highest BCUT2D eigenvalue weighted by Gasteiger charge is 2.24. The van der Waals surface area contributed by atoms with E-state index in [2.05, 4.69) is 17.0 Å². The molecule has 0 spiro atoms. The Bertz CT molecular complexity index is 789. The molecule has 150 valence electrons. The number of nitrogens with one attached hydrogen (secondary N) is 1. The number of ether oxygens (including phenoxy) is 3. The minimum absolute atomic E-state index is 0.100. The second-order valence-electron chi connectivity index (χ2n) is 6.28. The Morgan fingerprint density at radius 1 is 1.21 bits per heavy atom. The number of nitrogens with zero attached hydrogens (tertiary/aromatic N) is 1. The Morgan fingerprint density at radius 2 is 1.93 bits per heavy atom. The standard InChI is InChI=1S/C20H22F2N2O3S/c1-2-11-24(12-16-13-25-17-5-3-4-6-18(17)26-16)20(28)23-14-7-9-15(10-8-14)27-19(21)22/h3-10,16,19H,2,11-13H2,1H3,(H,23,28)/t16-/m0/s1. The van der Waals surface area contributed by atoms with Crippen LogP contribution < -0.4 is 19.5 Å². The number of anilines is 1. The Balaban J connectivity index is 1.59. The largest absolute Gasteiger partial charge is 0.486 e. The first-order chi connectivity index (χ1) is 13.5. The summed E-state index contributed by atoms with van der Waals surface area (Å²) >= 11 is 5.54. The average Bonchev–Trinajstić information content (AvgIpc) is 2.68. The lowest BCUT2D eigenvalue weighted by Gasteiger charge is -2.32. The molecule has 1 atom stereocenters. The maximum atomic E-state index is 12.2. The monoisotopic (exact) mass is 408 g/mol. The van der Waals surface area contributed by atoms with Crippen LogP contribution in [0, 0.1) is 0 Å². The normalized spacial score (nSPS) is 15.2. The van der Waals surface area contributed by atoms with Crippen molar-refractivity contribution in [3.05, 3.63) is 48.5 Å². The van der Waals surface area contributed by atoms with Crippen LogP contribution in [0.5, 0.6) is 17.2 Å². The molecular formula is C20H22F2N2O3S. The summed E-state index contributed by atoms with van der Waals surface area (Å²) < 4.78 is 40.6. The van der Waals surface area contributed by atoms with Crippen molar-refractivity contribution >= 4 is 23.0 Å². The van der Waals surface area contributed by atoms with E-state index < -0.39 is 6.61 Å². The van der Waals surface area contributed by atoms with E-state index in [9.17, 15) is 8.78 Å². The fourth-order valence-electron chi connectivity index (χ4n) is 2.87. The predicted molar refractivity (Wildman–Crippen MR) is 108 cm³/mol. The van der Waals surface area contributed by atoms with E-state index >= 15 is 0 Å². The molecule has 28 heavy (non-hydrogen) atoms. The minimum Gasteiger partial charge on any atom is -0.486 e. The third-order valence-electron chi connectivity index (χ3n) is 4.10.